The highest BCUT2D eigenvalue weighted by Crippen LogP contribution is 2.25. The first-order chi connectivity index (χ1) is 15.8. The van der Waals surface area contributed by atoms with Crippen LogP contribution < -0.4 is 21.7 Å². The van der Waals surface area contributed by atoms with Gasteiger partial charge in [-0.3, -0.25) is 4.79 Å². The van der Waals surface area contributed by atoms with Crippen molar-refractivity contribution in [3.8, 4) is 0 Å². The fourth-order valence-electron chi connectivity index (χ4n) is 3.13. The van der Waals surface area contributed by atoms with E-state index in [9.17, 15) is 22.8 Å². The zero-order chi connectivity index (χ0) is 23.5. The van der Waals surface area contributed by atoms with Gasteiger partial charge in [0, 0.05) is 23.9 Å². The number of nitrogens with zero attached hydrogens (tertiary/aromatic N) is 1. The molecule has 4 rings (SSSR count). The van der Waals surface area contributed by atoms with Gasteiger partial charge in [-0.2, -0.15) is 0 Å². The third kappa shape index (κ3) is 4.71. The summed E-state index contributed by atoms with van der Waals surface area (Å²) in [5.74, 6) is -2.67. The summed E-state index contributed by atoms with van der Waals surface area (Å²) in [5, 5.41) is 11.1. The van der Waals surface area contributed by atoms with E-state index in [4.69, 9.17) is 10.3 Å². The van der Waals surface area contributed by atoms with Crippen molar-refractivity contribution in [2.24, 2.45) is 0 Å². The highest BCUT2D eigenvalue weighted by Gasteiger charge is 2.17. The van der Waals surface area contributed by atoms with E-state index in [1.165, 1.54) is 18.2 Å². The molecule has 1 heterocycles. The molecular formula is C22H16F3N5O3. The Morgan fingerprint density at radius 1 is 0.970 bits per heavy atom. The molecular weight excluding hydrogens is 439 g/mol. The maximum atomic E-state index is 14.2. The van der Waals surface area contributed by atoms with Crippen molar-refractivity contribution >= 4 is 40.1 Å². The molecule has 168 valence electrons. The number of nitrogen functional groups attached to an aromatic ring is 1. The Morgan fingerprint density at radius 2 is 1.76 bits per heavy atom. The van der Waals surface area contributed by atoms with Crippen LogP contribution in [0.2, 0.25) is 0 Å². The Balaban J connectivity index is 1.45. The summed E-state index contributed by atoms with van der Waals surface area (Å²) in [4.78, 5) is 24.7. The van der Waals surface area contributed by atoms with Gasteiger partial charge in [-0.25, -0.2) is 18.0 Å². The lowest BCUT2D eigenvalue weighted by Gasteiger charge is -2.11. The van der Waals surface area contributed by atoms with E-state index in [2.05, 4.69) is 21.1 Å². The molecule has 0 fully saturated rings. The predicted molar refractivity (Wildman–Crippen MR) is 115 cm³/mol. The standard InChI is InChI=1S/C22H16F3N5O3/c23-12-4-6-16(25)17(9-12)29-22(32)27-10-11-8-13(5-7-15(11)24)28-21(31)14-2-1-3-18-19(14)20(26)30-33-18/h1-9H,10H2,(H2,26,30)(H,28,31)(H2,27,29,32). The van der Waals surface area contributed by atoms with Crippen molar-refractivity contribution in [3.63, 3.8) is 0 Å². The highest BCUT2D eigenvalue weighted by atomic mass is 19.1. The fourth-order valence-corrected chi connectivity index (χ4v) is 3.13. The number of aromatic nitrogens is 1. The van der Waals surface area contributed by atoms with Gasteiger partial charge in [0.15, 0.2) is 11.4 Å². The minimum absolute atomic E-state index is 0.0466. The van der Waals surface area contributed by atoms with Crippen LogP contribution in [0, 0.1) is 17.5 Å². The number of benzene rings is 3. The second-order valence-electron chi connectivity index (χ2n) is 6.94. The molecule has 0 bridgehead atoms. The number of urea groups is 1. The normalized spacial score (nSPS) is 10.8. The first kappa shape index (κ1) is 21.7. The number of nitrogens with two attached hydrogens (primary N) is 1. The summed E-state index contributed by atoms with van der Waals surface area (Å²) < 4.78 is 46.1. The smallest absolute Gasteiger partial charge is 0.319 e. The molecule has 0 aliphatic rings. The number of carbonyl (C=O) groups is 2. The lowest BCUT2D eigenvalue weighted by Crippen LogP contribution is -2.29. The number of amides is 3. The Bertz CT molecular complexity index is 1370. The van der Waals surface area contributed by atoms with Gasteiger partial charge in [0.25, 0.3) is 5.91 Å². The van der Waals surface area contributed by atoms with Crippen molar-refractivity contribution in [2.45, 2.75) is 6.54 Å². The fraction of sp³-hybridized carbons (Fsp3) is 0.0455. The average Bonchev–Trinajstić information content (AvgIpc) is 3.17. The van der Waals surface area contributed by atoms with E-state index in [1.807, 2.05) is 0 Å². The van der Waals surface area contributed by atoms with Crippen LogP contribution in [-0.4, -0.2) is 17.1 Å². The molecule has 0 atom stereocenters. The van der Waals surface area contributed by atoms with E-state index in [0.29, 0.717) is 11.0 Å². The molecule has 8 nitrogen and oxygen atoms in total. The van der Waals surface area contributed by atoms with E-state index in [-0.39, 0.29) is 34.9 Å². The van der Waals surface area contributed by atoms with Gasteiger partial charge in [-0.05, 0) is 42.5 Å². The monoisotopic (exact) mass is 455 g/mol. The molecule has 11 heteroatoms. The summed E-state index contributed by atoms with van der Waals surface area (Å²) >= 11 is 0. The molecule has 0 aliphatic carbocycles. The van der Waals surface area contributed by atoms with Crippen LogP contribution >= 0.6 is 0 Å². The van der Waals surface area contributed by atoms with Crippen LogP contribution in [0.25, 0.3) is 11.0 Å². The molecule has 0 aliphatic heterocycles. The molecule has 0 saturated heterocycles. The topological polar surface area (TPSA) is 122 Å². The van der Waals surface area contributed by atoms with Gasteiger partial charge in [0.1, 0.15) is 17.5 Å². The number of fused-ring (bicyclic) bond motifs is 1. The Kier molecular flexibility index (Phi) is 5.85. The number of anilines is 3. The molecule has 4 aromatic rings. The van der Waals surface area contributed by atoms with Crippen LogP contribution in [0.1, 0.15) is 15.9 Å². The molecule has 3 amide bonds. The zero-order valence-electron chi connectivity index (χ0n) is 16.8. The number of hydrogen-bond donors (Lipinski definition) is 4. The van der Waals surface area contributed by atoms with Gasteiger partial charge in [0.2, 0.25) is 0 Å². The van der Waals surface area contributed by atoms with Crippen LogP contribution in [0.3, 0.4) is 0 Å². The number of nitrogens with one attached hydrogen (secondary N) is 3. The molecule has 33 heavy (non-hydrogen) atoms. The Labute approximate surface area is 184 Å². The third-order valence-corrected chi connectivity index (χ3v) is 4.69. The van der Waals surface area contributed by atoms with Crippen LogP contribution in [-0.2, 0) is 6.54 Å². The summed E-state index contributed by atoms with van der Waals surface area (Å²) in [6.07, 6.45) is 0. The molecule has 1 aromatic heterocycles. The first-order valence-corrected chi connectivity index (χ1v) is 9.55. The minimum atomic E-state index is -0.872. The van der Waals surface area contributed by atoms with E-state index < -0.39 is 29.4 Å². The number of halogens is 3. The average molecular weight is 455 g/mol. The van der Waals surface area contributed by atoms with Gasteiger partial charge >= 0.3 is 6.03 Å². The molecule has 0 radical (unpaired) electrons. The van der Waals surface area contributed by atoms with E-state index >= 15 is 0 Å². The van der Waals surface area contributed by atoms with Crippen molar-refractivity contribution < 1.29 is 27.3 Å². The quantitative estimate of drug-likeness (QED) is 0.355. The van der Waals surface area contributed by atoms with Crippen molar-refractivity contribution in [1.29, 1.82) is 0 Å². The van der Waals surface area contributed by atoms with Gasteiger partial charge in [-0.1, -0.05) is 11.2 Å². The number of rotatable bonds is 5. The predicted octanol–water partition coefficient (Wildman–Crippen LogP) is 4.40. The van der Waals surface area contributed by atoms with Crippen LogP contribution in [0.4, 0.5) is 35.2 Å². The summed E-state index contributed by atoms with van der Waals surface area (Å²) in [6, 6.07) is 10.2. The first-order valence-electron chi connectivity index (χ1n) is 9.55. The largest absolute Gasteiger partial charge is 0.380 e. The lowest BCUT2D eigenvalue weighted by molar-refractivity contribution is 0.102. The Hall–Kier alpha value is -4.54. The van der Waals surface area contributed by atoms with E-state index in [1.54, 1.807) is 12.1 Å². The maximum absolute atomic E-state index is 14.2. The second-order valence-corrected chi connectivity index (χ2v) is 6.94. The van der Waals surface area contributed by atoms with E-state index in [0.717, 1.165) is 24.3 Å². The maximum Gasteiger partial charge on any atom is 0.319 e. The number of carbonyl (C=O) groups excluding carboxylic acids is 2. The highest BCUT2D eigenvalue weighted by molar-refractivity contribution is 6.14. The van der Waals surface area contributed by atoms with Crippen molar-refractivity contribution in [2.75, 3.05) is 16.4 Å². The lowest BCUT2D eigenvalue weighted by atomic mass is 10.1. The van der Waals surface area contributed by atoms with Crippen LogP contribution in [0.15, 0.2) is 59.1 Å². The molecule has 0 spiro atoms. The molecule has 0 saturated carbocycles. The summed E-state index contributed by atoms with van der Waals surface area (Å²) in [7, 11) is 0. The van der Waals surface area contributed by atoms with Gasteiger partial charge < -0.3 is 26.2 Å². The number of hydrogen-bond acceptors (Lipinski definition) is 5. The second kappa shape index (κ2) is 8.91. The minimum Gasteiger partial charge on any atom is -0.380 e. The summed E-state index contributed by atoms with van der Waals surface area (Å²) in [5.41, 5.74) is 6.25. The molecule has 3 aromatic carbocycles. The van der Waals surface area contributed by atoms with Crippen LogP contribution in [0.5, 0.6) is 0 Å². The molecule has 0 unspecified atom stereocenters. The summed E-state index contributed by atoms with van der Waals surface area (Å²) in [6.45, 7) is -0.285. The van der Waals surface area contributed by atoms with Crippen molar-refractivity contribution in [3.05, 3.63) is 83.2 Å². The zero-order valence-corrected chi connectivity index (χ0v) is 16.8. The molecule has 5 N–H and O–H groups in total. The third-order valence-electron chi connectivity index (χ3n) is 4.69. The van der Waals surface area contributed by atoms with Gasteiger partial charge in [-0.15, -0.1) is 0 Å². The SMILES string of the molecule is Nc1noc2cccc(C(=O)Nc3ccc(F)c(CNC(=O)Nc4cc(F)ccc4F)c3)c12. The van der Waals surface area contributed by atoms with Gasteiger partial charge in [0.05, 0.1) is 16.6 Å². The Morgan fingerprint density at radius 3 is 2.58 bits per heavy atom. The van der Waals surface area contributed by atoms with Crippen molar-refractivity contribution in [1.82, 2.24) is 10.5 Å².